The van der Waals surface area contributed by atoms with E-state index in [4.69, 9.17) is 14.2 Å². The zero-order valence-corrected chi connectivity index (χ0v) is 15.0. The molecule has 0 amide bonds. The lowest BCUT2D eigenvalue weighted by Gasteiger charge is -2.08. The maximum absolute atomic E-state index is 13.9. The van der Waals surface area contributed by atoms with Gasteiger partial charge in [-0.25, -0.2) is 14.2 Å². The molecule has 128 valence electrons. The van der Waals surface area contributed by atoms with E-state index in [2.05, 4.69) is 20.9 Å². The van der Waals surface area contributed by atoms with Gasteiger partial charge in [0.15, 0.2) is 17.2 Å². The van der Waals surface area contributed by atoms with Gasteiger partial charge in [0.2, 0.25) is 5.90 Å². The molecule has 0 aromatic heterocycles. The minimum absolute atomic E-state index is 0.0155. The Morgan fingerprint density at radius 2 is 1.88 bits per heavy atom. The molecule has 0 unspecified atom stereocenters. The summed E-state index contributed by atoms with van der Waals surface area (Å²) in [5.41, 5.74) is 0.796. The van der Waals surface area contributed by atoms with Gasteiger partial charge in [0, 0.05) is 15.6 Å². The summed E-state index contributed by atoms with van der Waals surface area (Å²) >= 11 is 3.27. The van der Waals surface area contributed by atoms with Crippen molar-refractivity contribution in [1.82, 2.24) is 0 Å². The number of carbonyl (C=O) groups is 1. The zero-order valence-electron chi connectivity index (χ0n) is 13.4. The number of aliphatic imine (C=N–C) groups is 1. The summed E-state index contributed by atoms with van der Waals surface area (Å²) in [6.07, 6.45) is 1.34. The van der Waals surface area contributed by atoms with Crippen LogP contribution in [0.2, 0.25) is 0 Å². The highest BCUT2D eigenvalue weighted by Gasteiger charge is 2.25. The van der Waals surface area contributed by atoms with Crippen molar-refractivity contribution in [1.29, 1.82) is 0 Å². The van der Waals surface area contributed by atoms with Crippen molar-refractivity contribution in [3.63, 3.8) is 0 Å². The van der Waals surface area contributed by atoms with Gasteiger partial charge in [0.05, 0.1) is 14.2 Å². The third kappa shape index (κ3) is 3.56. The fourth-order valence-corrected chi connectivity index (χ4v) is 2.65. The molecule has 5 nitrogen and oxygen atoms in total. The quantitative estimate of drug-likeness (QED) is 0.570. The molecule has 0 saturated heterocycles. The maximum atomic E-state index is 13.9. The third-order valence-electron chi connectivity index (χ3n) is 3.50. The minimum atomic E-state index is -0.649. The molecule has 1 aliphatic heterocycles. The van der Waals surface area contributed by atoms with E-state index in [0.29, 0.717) is 21.5 Å². The van der Waals surface area contributed by atoms with E-state index in [1.807, 2.05) is 0 Å². The molecule has 2 aromatic rings. The molecule has 0 N–H and O–H groups in total. The SMILES string of the molecule is COc1ccc(C2=NC(=Cc3cc(Br)ccc3F)C(=O)O2)cc1OC. The van der Waals surface area contributed by atoms with E-state index in [9.17, 15) is 9.18 Å². The number of rotatable bonds is 4. The van der Waals surface area contributed by atoms with Crippen LogP contribution in [0.3, 0.4) is 0 Å². The van der Waals surface area contributed by atoms with E-state index >= 15 is 0 Å². The van der Waals surface area contributed by atoms with Gasteiger partial charge in [-0.2, -0.15) is 0 Å². The Labute approximate surface area is 151 Å². The van der Waals surface area contributed by atoms with E-state index < -0.39 is 11.8 Å². The first-order chi connectivity index (χ1) is 12.0. The lowest BCUT2D eigenvalue weighted by atomic mass is 10.2. The number of carbonyl (C=O) groups excluding carboxylic acids is 1. The van der Waals surface area contributed by atoms with Crippen LogP contribution in [-0.2, 0) is 9.53 Å². The topological polar surface area (TPSA) is 57.1 Å². The van der Waals surface area contributed by atoms with Gasteiger partial charge in [-0.15, -0.1) is 0 Å². The number of hydrogen-bond acceptors (Lipinski definition) is 5. The molecular formula is C18H13BrFNO4. The van der Waals surface area contributed by atoms with Gasteiger partial charge in [-0.1, -0.05) is 15.9 Å². The van der Waals surface area contributed by atoms with E-state index in [1.165, 1.54) is 26.4 Å². The molecule has 0 aliphatic carbocycles. The first-order valence-electron chi connectivity index (χ1n) is 7.22. The number of nitrogens with zero attached hydrogens (tertiary/aromatic N) is 1. The summed E-state index contributed by atoms with van der Waals surface area (Å²) in [7, 11) is 3.03. The number of hydrogen-bond donors (Lipinski definition) is 0. The number of methoxy groups -OCH3 is 2. The van der Waals surface area contributed by atoms with Crippen LogP contribution in [0, 0.1) is 5.82 Å². The summed E-state index contributed by atoms with van der Waals surface area (Å²) in [5.74, 6) is 0.0346. The Bertz CT molecular complexity index is 908. The summed E-state index contributed by atoms with van der Waals surface area (Å²) in [6.45, 7) is 0. The first kappa shape index (κ1) is 17.2. The van der Waals surface area contributed by atoms with Crippen LogP contribution in [0.5, 0.6) is 11.5 Å². The van der Waals surface area contributed by atoms with Crippen LogP contribution in [0.1, 0.15) is 11.1 Å². The number of ether oxygens (including phenoxy) is 3. The smallest absolute Gasteiger partial charge is 0.363 e. The van der Waals surface area contributed by atoms with Crippen molar-refractivity contribution in [3.8, 4) is 11.5 Å². The molecular weight excluding hydrogens is 393 g/mol. The van der Waals surface area contributed by atoms with Crippen LogP contribution in [0.15, 0.2) is 51.6 Å². The van der Waals surface area contributed by atoms with Crippen LogP contribution in [-0.4, -0.2) is 26.1 Å². The molecule has 0 spiro atoms. The summed E-state index contributed by atoms with van der Waals surface area (Å²) in [4.78, 5) is 16.2. The normalized spacial score (nSPS) is 15.1. The van der Waals surface area contributed by atoms with Crippen molar-refractivity contribution in [2.24, 2.45) is 4.99 Å². The second kappa shape index (κ2) is 7.06. The monoisotopic (exact) mass is 405 g/mol. The molecule has 7 heteroatoms. The maximum Gasteiger partial charge on any atom is 0.363 e. The fourth-order valence-electron chi connectivity index (χ4n) is 2.27. The zero-order chi connectivity index (χ0) is 18.0. The van der Waals surface area contributed by atoms with Gasteiger partial charge in [0.25, 0.3) is 0 Å². The summed E-state index contributed by atoms with van der Waals surface area (Å²) in [5, 5.41) is 0. The molecule has 1 aliphatic rings. The highest BCUT2D eigenvalue weighted by atomic mass is 79.9. The standard InChI is InChI=1S/C18H13BrFNO4/c1-23-15-6-3-10(9-16(15)24-2)17-21-14(18(22)25-17)8-11-7-12(19)4-5-13(11)20/h3-9H,1-2H3. The molecule has 1 heterocycles. The summed E-state index contributed by atoms with van der Waals surface area (Å²) < 4.78 is 30.1. The van der Waals surface area contributed by atoms with Gasteiger partial charge in [-0.05, 0) is 42.5 Å². The van der Waals surface area contributed by atoms with Gasteiger partial charge in [0.1, 0.15) is 5.82 Å². The fraction of sp³-hybridized carbons (Fsp3) is 0.111. The van der Waals surface area contributed by atoms with Gasteiger partial charge in [-0.3, -0.25) is 0 Å². The van der Waals surface area contributed by atoms with Crippen LogP contribution in [0.4, 0.5) is 4.39 Å². The number of cyclic esters (lactones) is 1. The second-order valence-corrected chi connectivity index (χ2v) is 5.99. The lowest BCUT2D eigenvalue weighted by Crippen LogP contribution is -2.06. The van der Waals surface area contributed by atoms with Crippen molar-refractivity contribution in [3.05, 3.63) is 63.5 Å². The molecule has 0 bridgehead atoms. The van der Waals surface area contributed by atoms with Crippen molar-refractivity contribution in [2.45, 2.75) is 0 Å². The predicted octanol–water partition coefficient (Wildman–Crippen LogP) is 3.95. The Morgan fingerprint density at radius 1 is 1.12 bits per heavy atom. The Morgan fingerprint density at radius 3 is 2.60 bits per heavy atom. The van der Waals surface area contributed by atoms with Gasteiger partial charge < -0.3 is 14.2 Å². The van der Waals surface area contributed by atoms with Crippen LogP contribution in [0.25, 0.3) is 6.08 Å². The Hall–Kier alpha value is -2.67. The lowest BCUT2D eigenvalue weighted by molar-refractivity contribution is -0.129. The molecule has 25 heavy (non-hydrogen) atoms. The van der Waals surface area contributed by atoms with E-state index in [0.717, 1.165) is 0 Å². The number of esters is 1. The molecule has 0 fully saturated rings. The average Bonchev–Trinajstić information content (AvgIpc) is 2.98. The molecule has 2 aromatic carbocycles. The predicted molar refractivity (Wildman–Crippen MR) is 94.3 cm³/mol. The Balaban J connectivity index is 1.98. The first-order valence-corrected chi connectivity index (χ1v) is 8.01. The minimum Gasteiger partial charge on any atom is -0.493 e. The largest absolute Gasteiger partial charge is 0.493 e. The van der Waals surface area contributed by atoms with E-state index in [1.54, 1.807) is 30.3 Å². The van der Waals surface area contributed by atoms with Crippen molar-refractivity contribution < 1.29 is 23.4 Å². The van der Waals surface area contributed by atoms with Crippen LogP contribution < -0.4 is 9.47 Å². The number of benzene rings is 2. The Kier molecular flexibility index (Phi) is 4.85. The summed E-state index contributed by atoms with van der Waals surface area (Å²) in [6, 6.07) is 9.45. The molecule has 3 rings (SSSR count). The van der Waals surface area contributed by atoms with Crippen molar-refractivity contribution in [2.75, 3.05) is 14.2 Å². The molecule has 0 saturated carbocycles. The molecule has 0 atom stereocenters. The average molecular weight is 406 g/mol. The van der Waals surface area contributed by atoms with Gasteiger partial charge >= 0.3 is 5.97 Å². The third-order valence-corrected chi connectivity index (χ3v) is 3.99. The second-order valence-electron chi connectivity index (χ2n) is 5.07. The molecule has 0 radical (unpaired) electrons. The van der Waals surface area contributed by atoms with Crippen molar-refractivity contribution >= 4 is 33.9 Å². The highest BCUT2D eigenvalue weighted by molar-refractivity contribution is 9.10. The number of halogens is 2. The van der Waals surface area contributed by atoms with Crippen LogP contribution >= 0.6 is 15.9 Å². The van der Waals surface area contributed by atoms with E-state index in [-0.39, 0.29) is 17.2 Å². The highest BCUT2D eigenvalue weighted by Crippen LogP contribution is 2.29.